The van der Waals surface area contributed by atoms with Gasteiger partial charge in [0.25, 0.3) is 0 Å². The van der Waals surface area contributed by atoms with Gasteiger partial charge in [-0.1, -0.05) is 18.3 Å². The topological polar surface area (TPSA) is 106 Å². The molecular formula is C14H20N6O3S. The van der Waals surface area contributed by atoms with Crippen molar-refractivity contribution in [2.75, 3.05) is 25.5 Å². The Morgan fingerprint density at radius 2 is 2.17 bits per heavy atom. The highest BCUT2D eigenvalue weighted by Gasteiger charge is 2.22. The number of carbonyl (C=O) groups is 1. The quantitative estimate of drug-likeness (QED) is 0.797. The largest absolute Gasteiger partial charge is 0.424 e. The van der Waals surface area contributed by atoms with Crippen LogP contribution >= 0.6 is 11.3 Å². The summed E-state index contributed by atoms with van der Waals surface area (Å²) in [7, 11) is 1.81. The molecule has 1 saturated heterocycles. The molecule has 1 fully saturated rings. The summed E-state index contributed by atoms with van der Waals surface area (Å²) in [5.74, 6) is 0.930. The number of hydrogen-bond donors (Lipinski definition) is 1. The lowest BCUT2D eigenvalue weighted by molar-refractivity contribution is -0.117. The van der Waals surface area contributed by atoms with Gasteiger partial charge in [0.15, 0.2) is 0 Å². The van der Waals surface area contributed by atoms with Crippen LogP contribution in [0.2, 0.25) is 0 Å². The molecule has 0 aliphatic carbocycles. The number of rotatable bonds is 7. The second-order valence-electron chi connectivity index (χ2n) is 5.61. The molecule has 2 aromatic rings. The molecule has 10 heteroatoms. The number of nitrogens with one attached hydrogen (secondary N) is 1. The van der Waals surface area contributed by atoms with Crippen molar-refractivity contribution in [1.82, 2.24) is 25.3 Å². The number of nitrogens with zero attached hydrogens (tertiary/aromatic N) is 5. The summed E-state index contributed by atoms with van der Waals surface area (Å²) in [5.41, 5.74) is 0. The first kappa shape index (κ1) is 16.9. The number of anilines is 1. The van der Waals surface area contributed by atoms with Gasteiger partial charge in [-0.05, 0) is 19.9 Å². The van der Waals surface area contributed by atoms with E-state index in [-0.39, 0.29) is 18.6 Å². The molecule has 9 nitrogen and oxygen atoms in total. The fourth-order valence-corrected chi connectivity index (χ4v) is 3.22. The minimum absolute atomic E-state index is 0.0149. The fraction of sp³-hybridized carbons (Fsp3) is 0.643. The maximum absolute atomic E-state index is 12.1. The van der Waals surface area contributed by atoms with E-state index in [1.165, 1.54) is 11.3 Å². The van der Waals surface area contributed by atoms with Crippen molar-refractivity contribution >= 4 is 22.4 Å². The van der Waals surface area contributed by atoms with Crippen LogP contribution in [0.5, 0.6) is 0 Å². The molecule has 0 radical (unpaired) electrons. The van der Waals surface area contributed by atoms with E-state index in [9.17, 15) is 4.79 Å². The summed E-state index contributed by atoms with van der Waals surface area (Å²) in [5, 5.41) is 20.0. The minimum Gasteiger partial charge on any atom is -0.424 e. The van der Waals surface area contributed by atoms with Crippen LogP contribution in [0.1, 0.15) is 42.7 Å². The number of likely N-dealkylation sites (N-methyl/N-ethyl adjacent to an activating group) is 1. The second kappa shape index (κ2) is 7.77. The van der Waals surface area contributed by atoms with Gasteiger partial charge in [0, 0.05) is 13.0 Å². The Labute approximate surface area is 143 Å². The number of aromatic nitrogens is 4. The Hall–Kier alpha value is -1.91. The van der Waals surface area contributed by atoms with Crippen molar-refractivity contribution in [3.05, 3.63) is 16.8 Å². The van der Waals surface area contributed by atoms with E-state index in [4.69, 9.17) is 9.15 Å². The zero-order chi connectivity index (χ0) is 16.9. The van der Waals surface area contributed by atoms with E-state index in [1.807, 2.05) is 14.0 Å². The van der Waals surface area contributed by atoms with E-state index < -0.39 is 0 Å². The third-order valence-electron chi connectivity index (χ3n) is 3.52. The molecule has 1 N–H and O–H groups in total. The zero-order valence-corrected chi connectivity index (χ0v) is 14.5. The van der Waals surface area contributed by atoms with Crippen molar-refractivity contribution in [2.45, 2.75) is 38.8 Å². The second-order valence-corrected chi connectivity index (χ2v) is 6.62. The number of carbonyl (C=O) groups excluding carboxylic acids is 1. The molecule has 0 spiro atoms. The minimum atomic E-state index is -0.164. The Morgan fingerprint density at radius 3 is 2.88 bits per heavy atom. The molecule has 0 aromatic carbocycles. The van der Waals surface area contributed by atoms with Crippen LogP contribution in [0.25, 0.3) is 0 Å². The highest BCUT2D eigenvalue weighted by molar-refractivity contribution is 7.15. The average molecular weight is 352 g/mol. The Balaban J connectivity index is 1.47. The van der Waals surface area contributed by atoms with Crippen molar-refractivity contribution in [3.8, 4) is 0 Å². The van der Waals surface area contributed by atoms with Crippen molar-refractivity contribution in [3.63, 3.8) is 0 Å². The zero-order valence-electron chi connectivity index (χ0n) is 13.7. The fourth-order valence-electron chi connectivity index (χ4n) is 2.37. The SMILES string of the molecule is CCc1nnc(CN(C)CC(=O)Nc2nnc([C@H]3CCCO3)s2)o1. The summed E-state index contributed by atoms with van der Waals surface area (Å²) in [4.78, 5) is 13.9. The Kier molecular flexibility index (Phi) is 5.48. The highest BCUT2D eigenvalue weighted by Crippen LogP contribution is 2.31. The maximum atomic E-state index is 12.1. The lowest BCUT2D eigenvalue weighted by atomic mass is 10.2. The first-order valence-electron chi connectivity index (χ1n) is 7.88. The summed E-state index contributed by atoms with van der Waals surface area (Å²) in [6.07, 6.45) is 2.70. The molecule has 0 bridgehead atoms. The normalized spacial score (nSPS) is 17.5. The van der Waals surface area contributed by atoms with E-state index in [1.54, 1.807) is 4.90 Å². The smallest absolute Gasteiger partial charge is 0.240 e. The molecular weight excluding hydrogens is 332 g/mol. The predicted molar refractivity (Wildman–Crippen MR) is 86.5 cm³/mol. The molecule has 1 aliphatic heterocycles. The molecule has 1 atom stereocenters. The molecule has 3 heterocycles. The van der Waals surface area contributed by atoms with Crippen molar-refractivity contribution in [2.24, 2.45) is 0 Å². The summed E-state index contributed by atoms with van der Waals surface area (Å²) in [6, 6.07) is 0. The summed E-state index contributed by atoms with van der Waals surface area (Å²) >= 11 is 1.36. The van der Waals surface area contributed by atoms with Crippen LogP contribution in [-0.2, 0) is 22.5 Å². The third-order valence-corrected chi connectivity index (χ3v) is 4.45. The lowest BCUT2D eigenvalue weighted by Gasteiger charge is -2.12. The van der Waals surface area contributed by atoms with Gasteiger partial charge in [-0.2, -0.15) is 0 Å². The highest BCUT2D eigenvalue weighted by atomic mass is 32.1. The van der Waals surface area contributed by atoms with Crippen LogP contribution in [-0.4, -0.2) is 51.4 Å². The molecule has 1 aliphatic rings. The number of ether oxygens (including phenoxy) is 1. The monoisotopic (exact) mass is 352 g/mol. The first-order valence-corrected chi connectivity index (χ1v) is 8.70. The molecule has 1 amide bonds. The number of amides is 1. The molecule has 130 valence electrons. The van der Waals surface area contributed by atoms with Gasteiger partial charge in [-0.25, -0.2) is 0 Å². The molecule has 2 aromatic heterocycles. The lowest BCUT2D eigenvalue weighted by Crippen LogP contribution is -2.29. The molecule has 3 rings (SSSR count). The van der Waals surface area contributed by atoms with Crippen molar-refractivity contribution in [1.29, 1.82) is 0 Å². The Morgan fingerprint density at radius 1 is 1.33 bits per heavy atom. The summed E-state index contributed by atoms with van der Waals surface area (Å²) in [6.45, 7) is 3.31. The van der Waals surface area contributed by atoms with E-state index in [2.05, 4.69) is 25.7 Å². The summed E-state index contributed by atoms with van der Waals surface area (Å²) < 4.78 is 11.0. The van der Waals surface area contributed by atoms with Gasteiger partial charge < -0.3 is 9.15 Å². The van der Waals surface area contributed by atoms with Gasteiger partial charge in [-0.15, -0.1) is 20.4 Å². The van der Waals surface area contributed by atoms with E-state index in [0.717, 1.165) is 24.5 Å². The van der Waals surface area contributed by atoms with Crippen LogP contribution < -0.4 is 5.32 Å². The maximum Gasteiger partial charge on any atom is 0.240 e. The number of aryl methyl sites for hydroxylation is 1. The van der Waals surface area contributed by atoms with Crippen LogP contribution in [0.15, 0.2) is 4.42 Å². The van der Waals surface area contributed by atoms with Crippen LogP contribution in [0.3, 0.4) is 0 Å². The third kappa shape index (κ3) is 4.34. The van der Waals surface area contributed by atoms with Gasteiger partial charge in [-0.3, -0.25) is 15.0 Å². The van der Waals surface area contributed by atoms with Gasteiger partial charge in [0.1, 0.15) is 11.1 Å². The Bertz CT molecular complexity index is 682. The first-order chi connectivity index (χ1) is 11.6. The van der Waals surface area contributed by atoms with Crippen LogP contribution in [0.4, 0.5) is 5.13 Å². The number of hydrogen-bond acceptors (Lipinski definition) is 9. The van der Waals surface area contributed by atoms with Crippen LogP contribution in [0, 0.1) is 0 Å². The molecule has 0 unspecified atom stereocenters. The average Bonchev–Trinajstić information content (AvgIpc) is 3.27. The van der Waals surface area contributed by atoms with Gasteiger partial charge in [0.2, 0.25) is 22.8 Å². The molecule has 0 saturated carbocycles. The van der Waals surface area contributed by atoms with E-state index >= 15 is 0 Å². The standard InChI is InChI=1S/C14H20N6O3S/c1-3-11-16-17-12(23-11)8-20(2)7-10(21)15-14-19-18-13(24-14)9-5-4-6-22-9/h9H,3-8H2,1-2H3,(H,15,19,21)/t9-/m1/s1. The molecule has 24 heavy (non-hydrogen) atoms. The van der Waals surface area contributed by atoms with E-state index in [0.29, 0.717) is 29.9 Å². The van der Waals surface area contributed by atoms with Gasteiger partial charge in [0.05, 0.1) is 13.1 Å². The predicted octanol–water partition coefficient (Wildman–Crippen LogP) is 1.41. The van der Waals surface area contributed by atoms with Gasteiger partial charge >= 0.3 is 0 Å². The van der Waals surface area contributed by atoms with Crippen molar-refractivity contribution < 1.29 is 13.9 Å².